The molecule has 0 aliphatic rings. The SMILES string of the molecule is CC(C)(CCCO)CNC(=O)c1cc([N+](=O)[O-])c[nH]1. The highest BCUT2D eigenvalue weighted by molar-refractivity contribution is 5.93. The Kier molecular flexibility index (Phi) is 5.05. The van der Waals surface area contributed by atoms with Crippen LogP contribution in [0.4, 0.5) is 5.69 Å². The van der Waals surface area contributed by atoms with Crippen molar-refractivity contribution in [3.63, 3.8) is 0 Å². The monoisotopic (exact) mass is 269 g/mol. The van der Waals surface area contributed by atoms with Crippen LogP contribution >= 0.6 is 0 Å². The van der Waals surface area contributed by atoms with Crippen molar-refractivity contribution in [3.8, 4) is 0 Å². The van der Waals surface area contributed by atoms with Crippen molar-refractivity contribution in [1.29, 1.82) is 0 Å². The Labute approximate surface area is 111 Å². The predicted octanol–water partition coefficient (Wildman–Crippen LogP) is 1.45. The normalized spacial score (nSPS) is 11.3. The van der Waals surface area contributed by atoms with Crippen LogP contribution in [0.25, 0.3) is 0 Å². The molecule has 1 aromatic rings. The molecular weight excluding hydrogens is 250 g/mol. The van der Waals surface area contributed by atoms with Gasteiger partial charge >= 0.3 is 0 Å². The number of rotatable bonds is 7. The second-order valence-corrected chi connectivity index (χ2v) is 5.20. The fourth-order valence-electron chi connectivity index (χ4n) is 1.68. The molecule has 0 spiro atoms. The molecule has 1 rings (SSSR count). The fraction of sp³-hybridized carbons (Fsp3) is 0.583. The first-order chi connectivity index (χ1) is 8.85. The highest BCUT2D eigenvalue weighted by Gasteiger charge is 2.20. The first-order valence-electron chi connectivity index (χ1n) is 6.07. The van der Waals surface area contributed by atoms with Crippen molar-refractivity contribution in [2.45, 2.75) is 26.7 Å². The van der Waals surface area contributed by atoms with Gasteiger partial charge in [-0.15, -0.1) is 0 Å². The minimum absolute atomic E-state index is 0.125. The zero-order valence-electron chi connectivity index (χ0n) is 11.1. The van der Waals surface area contributed by atoms with E-state index in [1.165, 1.54) is 12.3 Å². The van der Waals surface area contributed by atoms with Crippen LogP contribution in [0.3, 0.4) is 0 Å². The lowest BCUT2D eigenvalue weighted by Crippen LogP contribution is -2.34. The van der Waals surface area contributed by atoms with E-state index < -0.39 is 4.92 Å². The Morgan fingerprint density at radius 2 is 2.26 bits per heavy atom. The van der Waals surface area contributed by atoms with Crippen LogP contribution in [0.1, 0.15) is 37.2 Å². The molecule has 1 amide bonds. The van der Waals surface area contributed by atoms with Gasteiger partial charge in [-0.3, -0.25) is 14.9 Å². The summed E-state index contributed by atoms with van der Waals surface area (Å²) >= 11 is 0. The highest BCUT2D eigenvalue weighted by Crippen LogP contribution is 2.21. The number of nitro groups is 1. The molecule has 1 heterocycles. The van der Waals surface area contributed by atoms with E-state index in [2.05, 4.69) is 10.3 Å². The molecule has 0 bridgehead atoms. The number of amides is 1. The van der Waals surface area contributed by atoms with E-state index >= 15 is 0 Å². The van der Waals surface area contributed by atoms with E-state index in [1.807, 2.05) is 13.8 Å². The highest BCUT2D eigenvalue weighted by atomic mass is 16.6. The van der Waals surface area contributed by atoms with E-state index in [9.17, 15) is 14.9 Å². The molecule has 0 aliphatic heterocycles. The minimum Gasteiger partial charge on any atom is -0.396 e. The largest absolute Gasteiger partial charge is 0.396 e. The molecule has 0 aliphatic carbocycles. The van der Waals surface area contributed by atoms with Gasteiger partial charge in [0.1, 0.15) is 5.69 Å². The molecule has 1 aromatic heterocycles. The lowest BCUT2D eigenvalue weighted by molar-refractivity contribution is -0.384. The van der Waals surface area contributed by atoms with Gasteiger partial charge in [-0.2, -0.15) is 0 Å². The fourth-order valence-corrected chi connectivity index (χ4v) is 1.68. The van der Waals surface area contributed by atoms with Crippen molar-refractivity contribution in [1.82, 2.24) is 10.3 Å². The molecule has 0 unspecified atom stereocenters. The average Bonchev–Trinajstić information content (AvgIpc) is 2.83. The number of aromatic amines is 1. The van der Waals surface area contributed by atoms with Crippen molar-refractivity contribution in [2.75, 3.05) is 13.2 Å². The predicted molar refractivity (Wildman–Crippen MR) is 69.9 cm³/mol. The number of aliphatic hydroxyl groups is 1. The van der Waals surface area contributed by atoms with E-state index in [0.29, 0.717) is 13.0 Å². The molecule has 106 valence electrons. The summed E-state index contributed by atoms with van der Waals surface area (Å²) in [6.07, 6.45) is 2.65. The van der Waals surface area contributed by atoms with Crippen LogP contribution in [0, 0.1) is 15.5 Å². The standard InChI is InChI=1S/C12H19N3O4/c1-12(2,4-3-5-16)8-14-11(17)10-6-9(7-13-10)15(18)19/h6-7,13,16H,3-5,8H2,1-2H3,(H,14,17). The van der Waals surface area contributed by atoms with Gasteiger partial charge < -0.3 is 15.4 Å². The molecule has 0 saturated carbocycles. The minimum atomic E-state index is -0.557. The number of nitrogens with zero attached hydrogens (tertiary/aromatic N) is 1. The zero-order valence-corrected chi connectivity index (χ0v) is 11.1. The smallest absolute Gasteiger partial charge is 0.287 e. The summed E-state index contributed by atoms with van der Waals surface area (Å²) in [5.41, 5.74) is -0.0916. The third kappa shape index (κ3) is 4.70. The summed E-state index contributed by atoms with van der Waals surface area (Å²) in [4.78, 5) is 24.3. The maximum atomic E-state index is 11.8. The molecule has 19 heavy (non-hydrogen) atoms. The van der Waals surface area contributed by atoms with Crippen molar-refractivity contribution in [3.05, 3.63) is 28.1 Å². The molecule has 7 nitrogen and oxygen atoms in total. The summed E-state index contributed by atoms with van der Waals surface area (Å²) < 4.78 is 0. The van der Waals surface area contributed by atoms with Gasteiger partial charge in [0.15, 0.2) is 0 Å². The van der Waals surface area contributed by atoms with E-state index in [4.69, 9.17) is 5.11 Å². The van der Waals surface area contributed by atoms with Crippen LogP contribution in [-0.2, 0) is 0 Å². The second kappa shape index (κ2) is 6.33. The summed E-state index contributed by atoms with van der Waals surface area (Å²) in [6.45, 7) is 4.54. The molecule has 0 fully saturated rings. The van der Waals surface area contributed by atoms with Gasteiger partial charge in [-0.25, -0.2) is 0 Å². The Morgan fingerprint density at radius 1 is 1.58 bits per heavy atom. The first kappa shape index (κ1) is 15.2. The maximum Gasteiger partial charge on any atom is 0.287 e. The van der Waals surface area contributed by atoms with Gasteiger partial charge in [-0.1, -0.05) is 13.8 Å². The van der Waals surface area contributed by atoms with Gasteiger partial charge in [0, 0.05) is 19.2 Å². The van der Waals surface area contributed by atoms with Crippen molar-refractivity contribution < 1.29 is 14.8 Å². The molecular formula is C12H19N3O4. The molecule has 0 atom stereocenters. The van der Waals surface area contributed by atoms with Crippen LogP contribution in [0.15, 0.2) is 12.3 Å². The van der Waals surface area contributed by atoms with Crippen LogP contribution in [0.5, 0.6) is 0 Å². The number of hydrogen-bond donors (Lipinski definition) is 3. The second-order valence-electron chi connectivity index (χ2n) is 5.20. The van der Waals surface area contributed by atoms with Crippen LogP contribution in [0.2, 0.25) is 0 Å². The van der Waals surface area contributed by atoms with Crippen molar-refractivity contribution >= 4 is 11.6 Å². The molecule has 0 saturated heterocycles. The zero-order chi connectivity index (χ0) is 14.5. The number of carbonyl (C=O) groups excluding carboxylic acids is 1. The first-order valence-corrected chi connectivity index (χ1v) is 6.07. The van der Waals surface area contributed by atoms with E-state index in [1.54, 1.807) is 0 Å². The third-order valence-corrected chi connectivity index (χ3v) is 2.86. The molecule has 0 radical (unpaired) electrons. The quantitative estimate of drug-likeness (QED) is 0.514. The Bertz CT molecular complexity index is 454. The number of carbonyl (C=O) groups is 1. The summed E-state index contributed by atoms with van der Waals surface area (Å²) in [7, 11) is 0. The van der Waals surface area contributed by atoms with Crippen molar-refractivity contribution in [2.24, 2.45) is 5.41 Å². The Morgan fingerprint density at radius 3 is 2.79 bits per heavy atom. The van der Waals surface area contributed by atoms with Gasteiger partial charge in [0.2, 0.25) is 0 Å². The molecule has 7 heteroatoms. The lowest BCUT2D eigenvalue weighted by Gasteiger charge is -2.24. The summed E-state index contributed by atoms with van der Waals surface area (Å²) in [6, 6.07) is 1.20. The lowest BCUT2D eigenvalue weighted by atomic mass is 9.88. The number of aliphatic hydroxyl groups excluding tert-OH is 1. The van der Waals surface area contributed by atoms with Gasteiger partial charge in [0.25, 0.3) is 11.6 Å². The summed E-state index contributed by atoms with van der Waals surface area (Å²) in [5.74, 6) is -0.370. The van der Waals surface area contributed by atoms with Gasteiger partial charge in [0.05, 0.1) is 11.1 Å². The third-order valence-electron chi connectivity index (χ3n) is 2.86. The van der Waals surface area contributed by atoms with E-state index in [0.717, 1.165) is 6.42 Å². The molecule has 3 N–H and O–H groups in total. The maximum absolute atomic E-state index is 11.8. The number of H-pyrrole nitrogens is 1. The van der Waals surface area contributed by atoms with Crippen LogP contribution in [-0.4, -0.2) is 34.1 Å². The number of aromatic nitrogens is 1. The Balaban J connectivity index is 2.52. The Hall–Kier alpha value is -1.89. The van der Waals surface area contributed by atoms with E-state index in [-0.39, 0.29) is 29.3 Å². The molecule has 0 aromatic carbocycles. The summed E-state index contributed by atoms with van der Waals surface area (Å²) in [5, 5.41) is 22.0. The van der Waals surface area contributed by atoms with Gasteiger partial charge in [-0.05, 0) is 18.3 Å². The number of hydrogen-bond acceptors (Lipinski definition) is 4. The topological polar surface area (TPSA) is 108 Å². The van der Waals surface area contributed by atoms with Crippen LogP contribution < -0.4 is 5.32 Å². The number of nitrogens with one attached hydrogen (secondary N) is 2. The average molecular weight is 269 g/mol.